The molecule has 68 heavy (non-hydrogen) atoms. The van der Waals surface area contributed by atoms with E-state index in [1.54, 1.807) is 168 Å². The molecule has 0 radical (unpaired) electrons. The van der Waals surface area contributed by atoms with Crippen molar-refractivity contribution in [2.45, 2.75) is 47.5 Å². The molecule has 0 aliphatic heterocycles. The maximum absolute atomic E-state index is 13.6. The normalized spacial score (nSPS) is 13.3. The Labute approximate surface area is 400 Å². The molecule has 0 bridgehead atoms. The second-order valence-corrected chi connectivity index (χ2v) is 15.8. The number of nitrogens with zero attached hydrogens (tertiary/aromatic N) is 4. The molecule has 0 aromatic heterocycles. The summed E-state index contributed by atoms with van der Waals surface area (Å²) in [7, 11) is 0. The largest absolute Gasteiger partial charge is 0.507 e. The summed E-state index contributed by atoms with van der Waals surface area (Å²) in [4.78, 5) is 45.2. The van der Waals surface area contributed by atoms with Crippen molar-refractivity contribution in [2.24, 2.45) is 20.0 Å². The van der Waals surface area contributed by atoms with E-state index in [-0.39, 0.29) is 70.0 Å². The molecule has 13 heteroatoms. The minimum absolute atomic E-state index is 0.0214. The van der Waals surface area contributed by atoms with Crippen molar-refractivity contribution in [3.63, 3.8) is 0 Å². The van der Waals surface area contributed by atoms with Gasteiger partial charge in [0.05, 0.1) is 63.3 Å². The number of esters is 2. The Morgan fingerprint density at radius 2 is 1.01 bits per heavy atom. The molecule has 0 fully saturated rings. The van der Waals surface area contributed by atoms with Crippen LogP contribution in [-0.2, 0) is 9.47 Å². The molecule has 1 atom stereocenters. The van der Waals surface area contributed by atoms with E-state index in [0.717, 1.165) is 0 Å². The third-order valence-electron chi connectivity index (χ3n) is 10.8. The van der Waals surface area contributed by atoms with Gasteiger partial charge in [-0.1, -0.05) is 91.3 Å². The van der Waals surface area contributed by atoms with Gasteiger partial charge in [-0.2, -0.15) is 0 Å². The average Bonchev–Trinajstić information content (AvgIpc) is 3.34. The van der Waals surface area contributed by atoms with Gasteiger partial charge >= 0.3 is 11.9 Å². The van der Waals surface area contributed by atoms with Gasteiger partial charge in [0.2, 0.25) is 0 Å². The lowest BCUT2D eigenvalue weighted by atomic mass is 9.98. The first-order chi connectivity index (χ1) is 32.7. The summed E-state index contributed by atoms with van der Waals surface area (Å²) in [6, 6.07) is 36.8. The predicted octanol–water partition coefficient (Wildman–Crippen LogP) is 11.9. The number of aromatic hydroxyl groups is 4. The average molecular weight is 931 g/mol. The number of phenols is 4. The van der Waals surface area contributed by atoms with Crippen LogP contribution in [0.4, 0.5) is 0 Å². The molecule has 0 saturated heterocycles. The van der Waals surface area contributed by atoms with Crippen LogP contribution in [0.15, 0.2) is 166 Å². The molecule has 346 valence electrons. The van der Waals surface area contributed by atoms with Gasteiger partial charge in [0.1, 0.15) is 23.0 Å². The maximum atomic E-state index is 13.6. The van der Waals surface area contributed by atoms with Gasteiger partial charge < -0.3 is 29.9 Å². The highest BCUT2D eigenvalue weighted by Gasteiger charge is 2.20. The molecule has 6 aromatic carbocycles. The first-order valence-corrected chi connectivity index (χ1v) is 22.1. The zero-order valence-electron chi connectivity index (χ0n) is 38.4. The number of carbonyl (C=O) groups excluding carboxylic acids is 2. The Morgan fingerprint density at radius 1 is 0.544 bits per heavy atom. The molecule has 4 N–H and O–H groups in total. The minimum Gasteiger partial charge on any atom is -0.507 e. The Hall–Kier alpha value is -8.09. The summed E-state index contributed by atoms with van der Waals surface area (Å²) in [5.41, 5.74) is 5.92. The number of aliphatic imine (C=N–C) groups is 4. The molecule has 6 rings (SSSR count). The number of hydrogen-bond donors (Lipinski definition) is 4. The smallest absolute Gasteiger partial charge is 0.339 e. The van der Waals surface area contributed by atoms with E-state index in [4.69, 9.17) is 41.0 Å². The molecule has 1 unspecified atom stereocenters. The van der Waals surface area contributed by atoms with Gasteiger partial charge in [0.15, 0.2) is 11.7 Å². The lowest BCUT2D eigenvalue weighted by molar-refractivity contribution is 0.0483. The highest BCUT2D eigenvalue weighted by Crippen LogP contribution is 2.31. The third kappa shape index (κ3) is 12.0. The van der Waals surface area contributed by atoms with Crippen molar-refractivity contribution in [3.05, 3.63) is 201 Å². The van der Waals surface area contributed by atoms with Gasteiger partial charge in [-0.25, -0.2) is 29.6 Å². The van der Waals surface area contributed by atoms with Crippen LogP contribution in [0, 0.1) is 0 Å². The fourth-order valence-electron chi connectivity index (χ4n) is 7.02. The lowest BCUT2D eigenvalue weighted by Crippen LogP contribution is -2.12. The van der Waals surface area contributed by atoms with E-state index in [1.807, 2.05) is 6.92 Å². The Balaban J connectivity index is 1.26. The second-order valence-electron chi connectivity index (χ2n) is 15.4. The standard InChI is InChI=1S/C55H51ClN4O8/c1-7-46(36-22-24-37(25-23-36)54(65)67-9-3)59-53(58-35(6)41-17-11-14-20-49(41)62)44-30-38(27-29-51(44)64)33(4)32-68-55(66)42-28-26-39(31-45(42)56)47(8-2)60-52(43-18-12-15-21-50(43)63)57-34(5)40-16-10-13-19-48(40)61/h7-8,10-31,33,61-64H,9,32H2,1-6H3/b46-7-,47-8-,57-34?,58-35?,59-53?,60-52?. The summed E-state index contributed by atoms with van der Waals surface area (Å²) in [5, 5.41) is 43.4. The van der Waals surface area contributed by atoms with Crippen LogP contribution in [0.25, 0.3) is 11.4 Å². The van der Waals surface area contributed by atoms with Crippen LogP contribution >= 0.6 is 11.6 Å². The van der Waals surface area contributed by atoms with Crippen LogP contribution in [0.5, 0.6) is 23.0 Å². The number of carbonyl (C=O) groups is 2. The van der Waals surface area contributed by atoms with E-state index < -0.39 is 11.9 Å². The first kappa shape index (κ1) is 49.3. The Bertz CT molecular complexity index is 3020. The van der Waals surface area contributed by atoms with Crippen molar-refractivity contribution in [3.8, 4) is 23.0 Å². The highest BCUT2D eigenvalue weighted by atomic mass is 35.5. The van der Waals surface area contributed by atoms with Gasteiger partial charge in [0, 0.05) is 22.6 Å². The Kier molecular flexibility index (Phi) is 16.6. The van der Waals surface area contributed by atoms with Crippen LogP contribution < -0.4 is 0 Å². The van der Waals surface area contributed by atoms with Crippen molar-refractivity contribution in [1.29, 1.82) is 0 Å². The van der Waals surface area contributed by atoms with E-state index in [2.05, 4.69) is 0 Å². The number of amidine groups is 2. The number of rotatable bonds is 14. The molecule has 0 spiro atoms. The summed E-state index contributed by atoms with van der Waals surface area (Å²) in [6.07, 6.45) is 3.53. The summed E-state index contributed by atoms with van der Waals surface area (Å²) in [6.45, 7) is 10.9. The highest BCUT2D eigenvalue weighted by molar-refractivity contribution is 6.33. The van der Waals surface area contributed by atoms with Crippen molar-refractivity contribution >= 4 is 58.0 Å². The predicted molar refractivity (Wildman–Crippen MR) is 270 cm³/mol. The van der Waals surface area contributed by atoms with Crippen LogP contribution in [0.2, 0.25) is 5.02 Å². The van der Waals surface area contributed by atoms with Gasteiger partial charge in [-0.3, -0.25) is 0 Å². The molecule has 0 amide bonds. The molecule has 6 aromatic rings. The van der Waals surface area contributed by atoms with Crippen molar-refractivity contribution in [2.75, 3.05) is 13.2 Å². The van der Waals surface area contributed by atoms with E-state index in [9.17, 15) is 30.0 Å². The van der Waals surface area contributed by atoms with E-state index in [0.29, 0.717) is 61.8 Å². The van der Waals surface area contributed by atoms with Gasteiger partial charge in [0.25, 0.3) is 0 Å². The molecule has 0 aliphatic rings. The van der Waals surface area contributed by atoms with Crippen molar-refractivity contribution in [1.82, 2.24) is 0 Å². The van der Waals surface area contributed by atoms with E-state index in [1.165, 1.54) is 12.1 Å². The molecule has 12 nitrogen and oxygen atoms in total. The lowest BCUT2D eigenvalue weighted by Gasteiger charge is -2.16. The number of phenolic OH excluding ortho intramolecular Hbond substituents is 4. The maximum Gasteiger partial charge on any atom is 0.339 e. The number of halogens is 1. The number of allylic oxidation sites excluding steroid dienone is 2. The molecule has 0 heterocycles. The number of benzene rings is 6. The fraction of sp³-hybridized carbons (Fsp3) is 0.164. The SMILES string of the molecule is C/C=C(\N=C(N=C(C)c1ccccc1O)c1ccccc1O)c1ccc(C(=O)OCC(C)c2ccc(O)c(C(N=C(C)c3ccccc3O)=N/C(=C\C)c3ccc(C(=O)OCC)cc3)c2)c(Cl)c1. The molecule has 0 saturated carbocycles. The summed E-state index contributed by atoms with van der Waals surface area (Å²) < 4.78 is 10.9. The van der Waals surface area contributed by atoms with Gasteiger partial charge in [-0.05, 0) is 119 Å². The number of para-hydroxylation sites is 3. The van der Waals surface area contributed by atoms with Crippen LogP contribution in [0.3, 0.4) is 0 Å². The second kappa shape index (κ2) is 22.9. The van der Waals surface area contributed by atoms with E-state index >= 15 is 0 Å². The van der Waals surface area contributed by atoms with Crippen LogP contribution in [0.1, 0.15) is 107 Å². The zero-order chi connectivity index (χ0) is 48.9. The molecule has 0 aliphatic carbocycles. The topological polar surface area (TPSA) is 183 Å². The number of ether oxygens (including phenoxy) is 2. The number of hydrogen-bond acceptors (Lipinski definition) is 10. The quantitative estimate of drug-likeness (QED) is 0.0472. The molecular weight excluding hydrogens is 880 g/mol. The summed E-state index contributed by atoms with van der Waals surface area (Å²) in [5.74, 6) is -1.24. The zero-order valence-corrected chi connectivity index (χ0v) is 39.2. The monoisotopic (exact) mass is 930 g/mol. The third-order valence-corrected chi connectivity index (χ3v) is 11.1. The fourth-order valence-corrected chi connectivity index (χ4v) is 7.27. The van der Waals surface area contributed by atoms with Crippen molar-refractivity contribution < 1.29 is 39.5 Å². The minimum atomic E-state index is -0.660. The Morgan fingerprint density at radius 3 is 1.53 bits per heavy atom. The van der Waals surface area contributed by atoms with Gasteiger partial charge in [-0.15, -0.1) is 0 Å². The first-order valence-electron chi connectivity index (χ1n) is 21.8. The molecular formula is C55H51ClN4O8. The van der Waals surface area contributed by atoms with Crippen LogP contribution in [-0.4, -0.2) is 68.7 Å². The summed E-state index contributed by atoms with van der Waals surface area (Å²) >= 11 is 6.75.